The van der Waals surface area contributed by atoms with E-state index in [4.69, 9.17) is 0 Å². The van der Waals surface area contributed by atoms with E-state index < -0.39 is 12.2 Å². The molecule has 25 heavy (non-hydrogen) atoms. The van der Waals surface area contributed by atoms with Crippen LogP contribution in [0.25, 0.3) is 22.0 Å². The largest absolute Gasteiger partial charge is 0.574 e. The fourth-order valence-electron chi connectivity index (χ4n) is 2.35. The summed E-state index contributed by atoms with van der Waals surface area (Å²) in [4.78, 5) is 18.6. The van der Waals surface area contributed by atoms with Gasteiger partial charge in [-0.25, -0.2) is 9.97 Å². The molecule has 128 valence electrons. The molecule has 1 amide bonds. The summed E-state index contributed by atoms with van der Waals surface area (Å²) in [5.41, 5.74) is 2.40. The van der Waals surface area contributed by atoms with Crippen molar-refractivity contribution in [1.29, 1.82) is 0 Å². The molecular weight excluding hydrogens is 335 g/mol. The van der Waals surface area contributed by atoms with Crippen molar-refractivity contribution in [3.05, 3.63) is 48.8 Å². The fourth-order valence-corrected chi connectivity index (χ4v) is 2.35. The van der Waals surface area contributed by atoms with Crippen molar-refractivity contribution in [2.75, 3.05) is 5.32 Å². The second-order valence-electron chi connectivity index (χ2n) is 5.22. The van der Waals surface area contributed by atoms with Crippen LogP contribution in [0.4, 0.5) is 18.9 Å². The van der Waals surface area contributed by atoms with E-state index in [1.54, 1.807) is 36.4 Å². The summed E-state index contributed by atoms with van der Waals surface area (Å²) in [6.45, 7) is 1.40. The van der Waals surface area contributed by atoms with Crippen molar-refractivity contribution in [3.8, 4) is 17.0 Å². The van der Waals surface area contributed by atoms with Crippen LogP contribution in [0.3, 0.4) is 0 Å². The van der Waals surface area contributed by atoms with Gasteiger partial charge in [0.25, 0.3) is 0 Å². The van der Waals surface area contributed by atoms with Gasteiger partial charge >= 0.3 is 6.36 Å². The number of aromatic nitrogens is 2. The van der Waals surface area contributed by atoms with Crippen LogP contribution in [0.15, 0.2) is 48.8 Å². The lowest BCUT2D eigenvalue weighted by Crippen LogP contribution is -2.18. The number of hydrogen-bond acceptors (Lipinski definition) is 4. The predicted octanol–water partition coefficient (Wildman–Crippen LogP) is 4.15. The second kappa shape index (κ2) is 6.39. The monoisotopic (exact) mass is 347 g/mol. The first kappa shape index (κ1) is 16.7. The van der Waals surface area contributed by atoms with Gasteiger partial charge in [-0.15, -0.1) is 13.2 Å². The summed E-state index contributed by atoms with van der Waals surface area (Å²) in [5, 5.41) is 2.80. The Balaban J connectivity index is 2.00. The molecule has 3 aromatic rings. The number of halogens is 3. The number of hydrogen-bond donors (Lipinski definition) is 1. The Morgan fingerprint density at radius 1 is 1.04 bits per heavy atom. The molecule has 1 N–H and O–H groups in total. The molecule has 0 atom stereocenters. The number of benzene rings is 2. The molecule has 0 radical (unpaired) electrons. The minimum absolute atomic E-state index is 0.156. The maximum atomic E-state index is 12.5. The van der Waals surface area contributed by atoms with Crippen molar-refractivity contribution in [3.63, 3.8) is 0 Å². The van der Waals surface area contributed by atoms with E-state index in [0.717, 1.165) is 11.9 Å². The Labute approximate surface area is 140 Å². The lowest BCUT2D eigenvalue weighted by molar-refractivity contribution is -0.275. The Bertz CT molecular complexity index is 925. The van der Waals surface area contributed by atoms with Gasteiger partial charge in [-0.3, -0.25) is 4.79 Å². The Hall–Kier alpha value is -3.16. The molecule has 0 saturated carbocycles. The molecule has 5 nitrogen and oxygen atoms in total. The molecule has 0 fully saturated rings. The zero-order chi connectivity index (χ0) is 18.0. The minimum Gasteiger partial charge on any atom is -0.387 e. The smallest absolute Gasteiger partial charge is 0.387 e. The fraction of sp³-hybridized carbons (Fsp3) is 0.118. The zero-order valence-corrected chi connectivity index (χ0v) is 13.0. The number of nitrogens with one attached hydrogen (secondary N) is 1. The molecule has 8 heteroatoms. The van der Waals surface area contributed by atoms with E-state index in [-0.39, 0.29) is 11.3 Å². The van der Waals surface area contributed by atoms with Crippen LogP contribution < -0.4 is 10.1 Å². The highest BCUT2D eigenvalue weighted by molar-refractivity contribution is 5.90. The summed E-state index contributed by atoms with van der Waals surface area (Å²) in [7, 11) is 0. The molecule has 0 aliphatic heterocycles. The van der Waals surface area contributed by atoms with Crippen molar-refractivity contribution < 1.29 is 22.7 Å². The summed E-state index contributed by atoms with van der Waals surface area (Å²) in [5.74, 6) is -0.737. The van der Waals surface area contributed by atoms with Crippen molar-refractivity contribution in [2.24, 2.45) is 0 Å². The van der Waals surface area contributed by atoms with E-state index in [0.29, 0.717) is 16.8 Å². The van der Waals surface area contributed by atoms with Crippen LogP contribution in [0.5, 0.6) is 5.88 Å². The van der Waals surface area contributed by atoms with E-state index in [1.165, 1.54) is 13.0 Å². The molecular formula is C17H12F3N3O2. The molecule has 0 saturated heterocycles. The Morgan fingerprint density at radius 2 is 1.72 bits per heavy atom. The van der Waals surface area contributed by atoms with Gasteiger partial charge in [-0.05, 0) is 35.4 Å². The molecule has 1 heterocycles. The van der Waals surface area contributed by atoms with Crippen molar-refractivity contribution in [1.82, 2.24) is 9.97 Å². The lowest BCUT2D eigenvalue weighted by atomic mass is 10.0. The number of fused-ring (bicyclic) bond motifs is 1. The summed E-state index contributed by atoms with van der Waals surface area (Å²) in [6, 6.07) is 11.8. The highest BCUT2D eigenvalue weighted by Gasteiger charge is 2.32. The third-order valence-corrected chi connectivity index (χ3v) is 3.35. The molecule has 0 spiro atoms. The molecule has 0 unspecified atom stereocenters. The van der Waals surface area contributed by atoms with Gasteiger partial charge in [0.2, 0.25) is 11.8 Å². The van der Waals surface area contributed by atoms with Crippen molar-refractivity contribution in [2.45, 2.75) is 13.3 Å². The minimum atomic E-state index is -4.84. The van der Waals surface area contributed by atoms with Gasteiger partial charge in [0.1, 0.15) is 6.33 Å². The van der Waals surface area contributed by atoms with Crippen LogP contribution in [0, 0.1) is 0 Å². The van der Waals surface area contributed by atoms with Crippen LogP contribution in [-0.2, 0) is 4.79 Å². The van der Waals surface area contributed by atoms with E-state index in [1.807, 2.05) is 0 Å². The molecule has 2 aromatic carbocycles. The third-order valence-electron chi connectivity index (χ3n) is 3.35. The first-order chi connectivity index (χ1) is 11.8. The number of alkyl halides is 3. The Kier molecular flexibility index (Phi) is 4.26. The highest BCUT2D eigenvalue weighted by atomic mass is 19.4. The second-order valence-corrected chi connectivity index (χ2v) is 5.22. The molecule has 0 aliphatic carbocycles. The Morgan fingerprint density at radius 3 is 2.36 bits per heavy atom. The van der Waals surface area contributed by atoms with E-state index >= 15 is 0 Å². The number of anilines is 1. The van der Waals surface area contributed by atoms with Gasteiger partial charge in [-0.2, -0.15) is 0 Å². The quantitative estimate of drug-likeness (QED) is 0.773. The number of rotatable bonds is 3. The molecule has 3 rings (SSSR count). The van der Waals surface area contributed by atoms with E-state index in [2.05, 4.69) is 20.0 Å². The lowest BCUT2D eigenvalue weighted by Gasteiger charge is -2.11. The van der Waals surface area contributed by atoms with Gasteiger partial charge in [0.05, 0.1) is 10.9 Å². The summed E-state index contributed by atoms with van der Waals surface area (Å²) >= 11 is 0. The average molecular weight is 347 g/mol. The number of carbonyl (C=O) groups is 1. The number of carbonyl (C=O) groups excluding carboxylic acids is 1. The van der Waals surface area contributed by atoms with Crippen LogP contribution in [-0.4, -0.2) is 22.2 Å². The topological polar surface area (TPSA) is 64.1 Å². The van der Waals surface area contributed by atoms with Crippen molar-refractivity contribution >= 4 is 22.5 Å². The summed E-state index contributed by atoms with van der Waals surface area (Å²) < 4.78 is 41.5. The first-order valence-electron chi connectivity index (χ1n) is 7.20. The summed E-state index contributed by atoms with van der Waals surface area (Å²) in [6.07, 6.45) is -3.82. The normalized spacial score (nSPS) is 11.4. The molecule has 1 aromatic heterocycles. The van der Waals surface area contributed by atoms with Gasteiger partial charge in [0, 0.05) is 12.6 Å². The number of amides is 1. The maximum Gasteiger partial charge on any atom is 0.574 e. The molecule has 0 aliphatic rings. The van der Waals surface area contributed by atoms with Gasteiger partial charge < -0.3 is 10.1 Å². The SMILES string of the molecule is CC(=O)Nc1ccc(-c2ccc3ncnc(OC(F)(F)F)c3c2)cc1. The van der Waals surface area contributed by atoms with Gasteiger partial charge in [0.15, 0.2) is 0 Å². The number of ether oxygens (including phenoxy) is 1. The predicted molar refractivity (Wildman–Crippen MR) is 86.0 cm³/mol. The van der Waals surface area contributed by atoms with Crippen LogP contribution in [0.1, 0.15) is 6.92 Å². The third kappa shape index (κ3) is 4.03. The van der Waals surface area contributed by atoms with Crippen LogP contribution in [0.2, 0.25) is 0 Å². The highest BCUT2D eigenvalue weighted by Crippen LogP contribution is 2.31. The zero-order valence-electron chi connectivity index (χ0n) is 13.0. The molecule has 0 bridgehead atoms. The number of nitrogens with zero attached hydrogens (tertiary/aromatic N) is 2. The van der Waals surface area contributed by atoms with E-state index in [9.17, 15) is 18.0 Å². The maximum absolute atomic E-state index is 12.5. The average Bonchev–Trinajstić information content (AvgIpc) is 2.54. The first-order valence-corrected chi connectivity index (χ1v) is 7.20. The van der Waals surface area contributed by atoms with Gasteiger partial charge in [-0.1, -0.05) is 18.2 Å². The van der Waals surface area contributed by atoms with Crippen LogP contribution >= 0.6 is 0 Å². The standard InChI is InChI=1S/C17H12F3N3O2/c1-10(24)23-13-5-2-11(3-6-13)12-4-7-15-14(8-12)16(22-9-21-15)25-17(18,19)20/h2-9H,1H3,(H,23,24).